The normalized spacial score (nSPS) is 12.4. The van der Waals surface area contributed by atoms with Crippen molar-refractivity contribution in [1.82, 2.24) is 0 Å². The first-order valence-electron chi connectivity index (χ1n) is 34.8. The van der Waals surface area contributed by atoms with Gasteiger partial charge in [-0.1, -0.05) is 319 Å². The van der Waals surface area contributed by atoms with E-state index in [1.165, 1.54) is 250 Å². The average Bonchev–Trinajstić information content (AvgIpc) is 3.45. The third-order valence-corrected chi connectivity index (χ3v) is 15.5. The van der Waals surface area contributed by atoms with Crippen molar-refractivity contribution in [3.8, 4) is 0 Å². The monoisotopic (exact) mass is 1110 g/mol. The van der Waals surface area contributed by atoms with Crippen LogP contribution in [0.4, 0.5) is 0 Å². The Morgan fingerprint density at radius 2 is 0.456 bits per heavy atom. The molecule has 0 rings (SSSR count). The number of hydrogen-bond acceptors (Lipinski definition) is 6. The third-order valence-electron chi connectivity index (χ3n) is 15.5. The first-order valence-corrected chi connectivity index (χ1v) is 34.8. The van der Waals surface area contributed by atoms with Gasteiger partial charge >= 0.3 is 17.9 Å². The standard InChI is InChI=1S/C73H132O6/c1-4-7-10-13-16-19-22-24-26-28-30-32-34-36-38-40-42-44-46-48-51-54-57-60-63-66-72(75)78-69-70(68-77-71(74)65-62-59-56-53-50-21-18-15-12-9-6-3)79-73(76)67-64-61-58-55-52-49-47-45-43-41-39-37-35-33-31-29-27-25-23-20-17-14-11-8-5-2/h22-25,28-31,34,36,70H,4-21,26-27,32-33,35,37-69H2,1-3H3/b24-22-,25-23-,30-28-,31-29-,36-34-. The van der Waals surface area contributed by atoms with Crippen molar-refractivity contribution in [2.45, 2.75) is 374 Å². The highest BCUT2D eigenvalue weighted by atomic mass is 16.6. The Hall–Kier alpha value is -2.89. The minimum Gasteiger partial charge on any atom is -0.462 e. The summed E-state index contributed by atoms with van der Waals surface area (Å²) in [6.45, 7) is 6.66. The molecule has 0 aromatic rings. The molecule has 0 amide bonds. The molecule has 0 aliphatic carbocycles. The number of ether oxygens (including phenoxy) is 3. The van der Waals surface area contributed by atoms with Crippen LogP contribution < -0.4 is 0 Å². The maximum absolute atomic E-state index is 12.9. The molecule has 0 aliphatic heterocycles. The predicted octanol–water partition coefficient (Wildman–Crippen LogP) is 23.9. The summed E-state index contributed by atoms with van der Waals surface area (Å²) >= 11 is 0. The number of allylic oxidation sites excluding steroid dienone is 10. The van der Waals surface area contributed by atoms with Gasteiger partial charge in [-0.15, -0.1) is 0 Å². The molecule has 0 aromatic heterocycles. The topological polar surface area (TPSA) is 78.9 Å². The van der Waals surface area contributed by atoms with Gasteiger partial charge in [-0.2, -0.15) is 0 Å². The summed E-state index contributed by atoms with van der Waals surface area (Å²) in [5.41, 5.74) is 0. The van der Waals surface area contributed by atoms with Crippen LogP contribution >= 0.6 is 0 Å². The van der Waals surface area contributed by atoms with Crippen LogP contribution in [0.1, 0.15) is 367 Å². The average molecular weight is 1110 g/mol. The molecule has 0 spiro atoms. The van der Waals surface area contributed by atoms with Gasteiger partial charge in [0.15, 0.2) is 6.10 Å². The zero-order chi connectivity index (χ0) is 57.1. The van der Waals surface area contributed by atoms with Gasteiger partial charge in [0.2, 0.25) is 0 Å². The van der Waals surface area contributed by atoms with E-state index >= 15 is 0 Å². The molecule has 0 N–H and O–H groups in total. The van der Waals surface area contributed by atoms with Crippen molar-refractivity contribution in [2.75, 3.05) is 13.2 Å². The van der Waals surface area contributed by atoms with Gasteiger partial charge in [0.1, 0.15) is 13.2 Å². The number of carbonyl (C=O) groups excluding carboxylic acids is 3. The van der Waals surface area contributed by atoms with E-state index in [0.717, 1.165) is 77.0 Å². The van der Waals surface area contributed by atoms with E-state index in [4.69, 9.17) is 14.2 Å². The van der Waals surface area contributed by atoms with Crippen molar-refractivity contribution < 1.29 is 28.6 Å². The number of hydrogen-bond donors (Lipinski definition) is 0. The Bertz CT molecular complexity index is 1410. The minimum absolute atomic E-state index is 0.0716. The van der Waals surface area contributed by atoms with Gasteiger partial charge in [-0.3, -0.25) is 14.4 Å². The largest absolute Gasteiger partial charge is 0.462 e. The lowest BCUT2D eigenvalue weighted by Gasteiger charge is -2.18. The fourth-order valence-corrected chi connectivity index (χ4v) is 10.2. The van der Waals surface area contributed by atoms with E-state index in [2.05, 4.69) is 81.5 Å². The molecule has 0 bridgehead atoms. The molecule has 460 valence electrons. The van der Waals surface area contributed by atoms with E-state index in [-0.39, 0.29) is 31.1 Å². The van der Waals surface area contributed by atoms with Crippen molar-refractivity contribution in [3.63, 3.8) is 0 Å². The van der Waals surface area contributed by atoms with E-state index in [1.54, 1.807) is 0 Å². The van der Waals surface area contributed by atoms with Crippen LogP contribution in [0.15, 0.2) is 60.8 Å². The molecule has 1 atom stereocenters. The summed E-state index contributed by atoms with van der Waals surface area (Å²) in [7, 11) is 0. The smallest absolute Gasteiger partial charge is 0.306 e. The lowest BCUT2D eigenvalue weighted by Crippen LogP contribution is -2.30. The van der Waals surface area contributed by atoms with Gasteiger partial charge in [-0.25, -0.2) is 0 Å². The summed E-state index contributed by atoms with van der Waals surface area (Å²) in [6, 6.07) is 0. The molecule has 0 fully saturated rings. The van der Waals surface area contributed by atoms with Crippen LogP contribution in [0.25, 0.3) is 0 Å². The molecule has 0 radical (unpaired) electrons. The lowest BCUT2D eigenvalue weighted by molar-refractivity contribution is -0.167. The highest BCUT2D eigenvalue weighted by Crippen LogP contribution is 2.17. The van der Waals surface area contributed by atoms with Crippen molar-refractivity contribution in [1.29, 1.82) is 0 Å². The predicted molar refractivity (Wildman–Crippen MR) is 344 cm³/mol. The third kappa shape index (κ3) is 65.8. The molecule has 0 heterocycles. The molecule has 1 unspecified atom stereocenters. The molecule has 0 saturated heterocycles. The number of carbonyl (C=O) groups is 3. The van der Waals surface area contributed by atoms with Gasteiger partial charge in [-0.05, 0) is 89.9 Å². The maximum Gasteiger partial charge on any atom is 0.306 e. The second kappa shape index (κ2) is 67.6. The highest BCUT2D eigenvalue weighted by molar-refractivity contribution is 5.71. The van der Waals surface area contributed by atoms with Crippen molar-refractivity contribution >= 4 is 17.9 Å². The second-order valence-electron chi connectivity index (χ2n) is 23.4. The Morgan fingerprint density at radius 1 is 0.253 bits per heavy atom. The quantitative estimate of drug-likeness (QED) is 0.0261. The molecular formula is C73H132O6. The fourth-order valence-electron chi connectivity index (χ4n) is 10.2. The van der Waals surface area contributed by atoms with Crippen LogP contribution in [0, 0.1) is 0 Å². The van der Waals surface area contributed by atoms with E-state index in [0.29, 0.717) is 19.3 Å². The summed E-state index contributed by atoms with van der Waals surface area (Å²) in [5.74, 6) is -0.856. The second-order valence-corrected chi connectivity index (χ2v) is 23.4. The first-order chi connectivity index (χ1) is 39.0. The minimum atomic E-state index is -0.775. The summed E-state index contributed by atoms with van der Waals surface area (Å²) < 4.78 is 17.0. The Balaban J connectivity index is 4.23. The molecular weight excluding hydrogens is 973 g/mol. The van der Waals surface area contributed by atoms with Gasteiger partial charge in [0.25, 0.3) is 0 Å². The van der Waals surface area contributed by atoms with E-state index in [1.807, 2.05) is 0 Å². The Labute approximate surface area is 491 Å². The molecule has 0 aromatic carbocycles. The number of esters is 3. The van der Waals surface area contributed by atoms with Gasteiger partial charge in [0.05, 0.1) is 0 Å². The number of rotatable bonds is 64. The van der Waals surface area contributed by atoms with Crippen LogP contribution in [0.2, 0.25) is 0 Å². The van der Waals surface area contributed by atoms with Crippen LogP contribution in [0.3, 0.4) is 0 Å². The van der Waals surface area contributed by atoms with E-state index in [9.17, 15) is 14.4 Å². The van der Waals surface area contributed by atoms with Crippen molar-refractivity contribution in [2.24, 2.45) is 0 Å². The molecule has 6 heteroatoms. The zero-order valence-corrected chi connectivity index (χ0v) is 52.9. The molecule has 0 saturated carbocycles. The van der Waals surface area contributed by atoms with Crippen LogP contribution in [0.5, 0.6) is 0 Å². The Morgan fingerprint density at radius 3 is 0.709 bits per heavy atom. The van der Waals surface area contributed by atoms with E-state index < -0.39 is 6.10 Å². The molecule has 0 aliphatic rings. The maximum atomic E-state index is 12.9. The van der Waals surface area contributed by atoms with Gasteiger partial charge < -0.3 is 14.2 Å². The summed E-state index contributed by atoms with van der Waals surface area (Å²) in [4.78, 5) is 38.4. The van der Waals surface area contributed by atoms with Crippen LogP contribution in [-0.4, -0.2) is 37.2 Å². The lowest BCUT2D eigenvalue weighted by atomic mass is 10.0. The highest BCUT2D eigenvalue weighted by Gasteiger charge is 2.19. The van der Waals surface area contributed by atoms with Crippen LogP contribution in [-0.2, 0) is 28.6 Å². The van der Waals surface area contributed by atoms with Crippen molar-refractivity contribution in [3.05, 3.63) is 60.8 Å². The van der Waals surface area contributed by atoms with Gasteiger partial charge in [0, 0.05) is 19.3 Å². The Kier molecular flexibility index (Phi) is 65.1. The summed E-state index contributed by atoms with van der Waals surface area (Å²) in [6.07, 6.45) is 86.7. The first kappa shape index (κ1) is 76.1. The number of unbranched alkanes of at least 4 members (excludes halogenated alkanes) is 43. The zero-order valence-electron chi connectivity index (χ0n) is 52.9. The fraction of sp³-hybridized carbons (Fsp3) is 0.822. The molecule has 6 nitrogen and oxygen atoms in total. The summed E-state index contributed by atoms with van der Waals surface area (Å²) in [5, 5.41) is 0. The SMILES string of the molecule is CCCCCCC/C=C\C/C=C\C/C=C\CCCCCCCCCCCCC(=O)OCC(COC(=O)CCCCCCCCCCCCC)OC(=O)CCCCCCCCCCCCCCC/C=C\C/C=C\CCCCCCC. The molecule has 79 heavy (non-hydrogen) atoms.